The molecule has 2 aromatic heterocycles. The lowest BCUT2D eigenvalue weighted by atomic mass is 9.91. The van der Waals surface area contributed by atoms with Gasteiger partial charge in [0.15, 0.2) is 0 Å². The summed E-state index contributed by atoms with van der Waals surface area (Å²) in [4.78, 5) is 19.1. The van der Waals surface area contributed by atoms with Gasteiger partial charge in [-0.2, -0.15) is 0 Å². The van der Waals surface area contributed by atoms with E-state index in [1.807, 2.05) is 17.5 Å². The zero-order chi connectivity index (χ0) is 14.8. The summed E-state index contributed by atoms with van der Waals surface area (Å²) < 4.78 is 0. The molecule has 0 aliphatic rings. The summed E-state index contributed by atoms with van der Waals surface area (Å²) in [6, 6.07) is 4.01. The van der Waals surface area contributed by atoms with Crippen LogP contribution in [0, 0.1) is 10.1 Å². The third kappa shape index (κ3) is 3.05. The topological polar surface area (TPSA) is 81.0 Å². The fourth-order valence-corrected chi connectivity index (χ4v) is 2.76. The molecule has 1 N–H and O–H groups in total. The summed E-state index contributed by atoms with van der Waals surface area (Å²) in [5, 5.41) is 15.8. The molecule has 0 amide bonds. The van der Waals surface area contributed by atoms with E-state index in [-0.39, 0.29) is 22.1 Å². The van der Waals surface area contributed by atoms with E-state index in [1.165, 1.54) is 11.2 Å². The lowest BCUT2D eigenvalue weighted by Gasteiger charge is -2.23. The van der Waals surface area contributed by atoms with E-state index in [1.54, 1.807) is 11.3 Å². The molecule has 0 aromatic carbocycles. The minimum Gasteiger partial charge on any atom is -0.363 e. The number of hydrogen-bond donors (Lipinski definition) is 1. The number of thiophene rings is 1. The van der Waals surface area contributed by atoms with Gasteiger partial charge in [0.1, 0.15) is 6.33 Å². The molecule has 2 rings (SSSR count). The summed E-state index contributed by atoms with van der Waals surface area (Å²) in [5.41, 5.74) is -0.462. The van der Waals surface area contributed by atoms with Crippen LogP contribution in [0.25, 0.3) is 0 Å². The second-order valence-electron chi connectivity index (χ2n) is 4.83. The van der Waals surface area contributed by atoms with E-state index in [2.05, 4.69) is 29.1 Å². The standard InChI is InChI=1S/C12H13ClN4O2S/c1-12(2,8-4-3-5-20-8)6-14-11-9(17(18)19)10(13)15-7-16-11/h3-5,7H,6H2,1-2H3,(H,14,15,16). The molecule has 0 radical (unpaired) electrons. The van der Waals surface area contributed by atoms with Gasteiger partial charge >= 0.3 is 5.69 Å². The summed E-state index contributed by atoms with van der Waals surface area (Å²) in [6.45, 7) is 4.61. The first-order valence-corrected chi connectivity index (χ1v) is 7.10. The Kier molecular flexibility index (Phi) is 4.20. The van der Waals surface area contributed by atoms with E-state index in [0.29, 0.717) is 6.54 Å². The molecular weight excluding hydrogens is 300 g/mol. The van der Waals surface area contributed by atoms with Crippen LogP contribution in [0.1, 0.15) is 18.7 Å². The van der Waals surface area contributed by atoms with E-state index in [0.717, 1.165) is 0 Å². The van der Waals surface area contributed by atoms with Gasteiger partial charge in [-0.3, -0.25) is 10.1 Å². The maximum Gasteiger partial charge on any atom is 0.348 e. The highest BCUT2D eigenvalue weighted by molar-refractivity contribution is 7.10. The molecule has 2 aromatic rings. The van der Waals surface area contributed by atoms with Crippen LogP contribution in [0.15, 0.2) is 23.8 Å². The van der Waals surface area contributed by atoms with E-state index >= 15 is 0 Å². The molecule has 0 spiro atoms. The molecule has 0 aliphatic heterocycles. The number of anilines is 1. The second-order valence-corrected chi connectivity index (χ2v) is 6.14. The van der Waals surface area contributed by atoms with Crippen molar-refractivity contribution < 1.29 is 4.92 Å². The first-order valence-electron chi connectivity index (χ1n) is 5.84. The van der Waals surface area contributed by atoms with Crippen LogP contribution in [0.5, 0.6) is 0 Å². The average Bonchev–Trinajstić information content (AvgIpc) is 2.90. The molecule has 106 valence electrons. The van der Waals surface area contributed by atoms with Crippen molar-refractivity contribution in [1.29, 1.82) is 0 Å². The van der Waals surface area contributed by atoms with Gasteiger partial charge in [0.05, 0.1) is 4.92 Å². The Bertz CT molecular complexity index is 616. The predicted molar refractivity (Wildman–Crippen MR) is 79.5 cm³/mol. The van der Waals surface area contributed by atoms with Crippen molar-refractivity contribution in [3.8, 4) is 0 Å². The molecule has 6 nitrogen and oxygen atoms in total. The highest BCUT2D eigenvalue weighted by atomic mass is 35.5. The number of halogens is 1. The number of nitro groups is 1. The summed E-state index contributed by atoms with van der Waals surface area (Å²) in [5.74, 6) is 0.139. The fraction of sp³-hybridized carbons (Fsp3) is 0.333. The third-order valence-electron chi connectivity index (χ3n) is 2.85. The van der Waals surface area contributed by atoms with E-state index in [4.69, 9.17) is 11.6 Å². The van der Waals surface area contributed by atoms with Crippen LogP contribution >= 0.6 is 22.9 Å². The first kappa shape index (κ1) is 14.7. The van der Waals surface area contributed by atoms with Gasteiger partial charge in [0, 0.05) is 16.8 Å². The first-order chi connectivity index (χ1) is 9.42. The maximum atomic E-state index is 11.0. The lowest BCUT2D eigenvalue weighted by Crippen LogP contribution is -2.27. The zero-order valence-electron chi connectivity index (χ0n) is 11.0. The van der Waals surface area contributed by atoms with Crippen LogP contribution in [0.2, 0.25) is 5.15 Å². The molecule has 0 atom stereocenters. The molecule has 0 saturated heterocycles. The van der Waals surface area contributed by atoms with Crippen molar-refractivity contribution >= 4 is 34.4 Å². The Morgan fingerprint density at radius 3 is 2.85 bits per heavy atom. The number of nitrogens with zero attached hydrogens (tertiary/aromatic N) is 3. The zero-order valence-corrected chi connectivity index (χ0v) is 12.5. The quantitative estimate of drug-likeness (QED) is 0.519. The van der Waals surface area contributed by atoms with Gasteiger partial charge in [-0.1, -0.05) is 31.5 Å². The van der Waals surface area contributed by atoms with Crippen molar-refractivity contribution in [1.82, 2.24) is 9.97 Å². The summed E-state index contributed by atoms with van der Waals surface area (Å²) >= 11 is 7.39. The Morgan fingerprint density at radius 2 is 2.25 bits per heavy atom. The fourth-order valence-electron chi connectivity index (χ4n) is 1.70. The van der Waals surface area contributed by atoms with Crippen LogP contribution in [-0.2, 0) is 5.41 Å². The van der Waals surface area contributed by atoms with Gasteiger partial charge in [0.25, 0.3) is 0 Å². The number of nitrogens with one attached hydrogen (secondary N) is 1. The molecule has 0 unspecified atom stereocenters. The Morgan fingerprint density at radius 1 is 1.50 bits per heavy atom. The highest BCUT2D eigenvalue weighted by Crippen LogP contribution is 2.31. The smallest absolute Gasteiger partial charge is 0.348 e. The van der Waals surface area contributed by atoms with Gasteiger partial charge in [0.2, 0.25) is 11.0 Å². The molecule has 8 heteroatoms. The molecular formula is C12H13ClN4O2S. The van der Waals surface area contributed by atoms with Gasteiger partial charge < -0.3 is 5.32 Å². The van der Waals surface area contributed by atoms with Crippen LogP contribution < -0.4 is 5.32 Å². The molecule has 2 heterocycles. The predicted octanol–water partition coefficient (Wildman–Crippen LogP) is 3.49. The normalized spacial score (nSPS) is 11.3. The molecule has 0 saturated carbocycles. The number of hydrogen-bond acceptors (Lipinski definition) is 6. The largest absolute Gasteiger partial charge is 0.363 e. The minimum absolute atomic E-state index is 0.139. The monoisotopic (exact) mass is 312 g/mol. The van der Waals surface area contributed by atoms with E-state index in [9.17, 15) is 10.1 Å². The second kappa shape index (κ2) is 5.72. The van der Waals surface area contributed by atoms with Gasteiger partial charge in [-0.05, 0) is 11.4 Å². The summed E-state index contributed by atoms with van der Waals surface area (Å²) in [6.07, 6.45) is 1.20. The highest BCUT2D eigenvalue weighted by Gasteiger charge is 2.26. The molecule has 0 aliphatic carbocycles. The third-order valence-corrected chi connectivity index (χ3v) is 4.36. The minimum atomic E-state index is -0.581. The van der Waals surface area contributed by atoms with Crippen molar-refractivity contribution in [2.45, 2.75) is 19.3 Å². The SMILES string of the molecule is CC(C)(CNc1ncnc(Cl)c1[N+](=O)[O-])c1cccs1. The van der Waals surface area contributed by atoms with Crippen molar-refractivity contribution in [3.05, 3.63) is 44.0 Å². The molecule has 0 fully saturated rings. The van der Waals surface area contributed by atoms with Crippen molar-refractivity contribution in [2.24, 2.45) is 0 Å². The Labute approximate surface area is 125 Å². The average molecular weight is 313 g/mol. The Hall–Kier alpha value is -1.73. The van der Waals surface area contributed by atoms with Gasteiger partial charge in [-0.25, -0.2) is 9.97 Å². The van der Waals surface area contributed by atoms with Gasteiger partial charge in [-0.15, -0.1) is 11.3 Å². The van der Waals surface area contributed by atoms with Crippen molar-refractivity contribution in [2.75, 3.05) is 11.9 Å². The van der Waals surface area contributed by atoms with E-state index < -0.39 is 4.92 Å². The summed E-state index contributed by atoms with van der Waals surface area (Å²) in [7, 11) is 0. The lowest BCUT2D eigenvalue weighted by molar-refractivity contribution is -0.384. The molecule has 0 bridgehead atoms. The van der Waals surface area contributed by atoms with Crippen LogP contribution in [-0.4, -0.2) is 21.4 Å². The maximum absolute atomic E-state index is 11.0. The Balaban J connectivity index is 2.20. The molecule has 20 heavy (non-hydrogen) atoms. The van der Waals surface area contributed by atoms with Crippen LogP contribution in [0.3, 0.4) is 0 Å². The van der Waals surface area contributed by atoms with Crippen LogP contribution in [0.4, 0.5) is 11.5 Å². The number of aromatic nitrogens is 2. The number of rotatable bonds is 5. The van der Waals surface area contributed by atoms with Crippen molar-refractivity contribution in [3.63, 3.8) is 0 Å².